The van der Waals surface area contributed by atoms with E-state index in [0.717, 1.165) is 5.56 Å². The Kier molecular flexibility index (Phi) is 6.25. The van der Waals surface area contributed by atoms with Crippen molar-refractivity contribution < 1.29 is 19.1 Å². The third-order valence-electron chi connectivity index (χ3n) is 3.83. The van der Waals surface area contributed by atoms with Gasteiger partial charge < -0.3 is 25.4 Å². The largest absolute Gasteiger partial charge is 0.445 e. The van der Waals surface area contributed by atoms with E-state index in [1.54, 1.807) is 4.90 Å². The Balaban J connectivity index is 1.77. The number of nitrogens with one attached hydrogen (secondary N) is 1. The number of likely N-dealkylation sites (tertiary alicyclic amines) is 1. The number of hydrogen-bond acceptors (Lipinski definition) is 5. The normalized spacial score (nSPS) is 20.7. The number of carbonyl (C=O) groups excluding carboxylic acids is 2. The fourth-order valence-electron chi connectivity index (χ4n) is 2.57. The van der Waals surface area contributed by atoms with Crippen molar-refractivity contribution in [2.75, 3.05) is 13.1 Å². The van der Waals surface area contributed by atoms with E-state index >= 15 is 0 Å². The highest BCUT2D eigenvalue weighted by Gasteiger charge is 2.32. The lowest BCUT2D eigenvalue weighted by Crippen LogP contribution is -2.59. The number of rotatable bonds is 3. The maximum Gasteiger partial charge on any atom is 0.410 e. The van der Waals surface area contributed by atoms with E-state index in [0.29, 0.717) is 19.5 Å². The Morgan fingerprint density at radius 3 is 2.56 bits per heavy atom. The maximum atomic E-state index is 12.1. The van der Waals surface area contributed by atoms with Gasteiger partial charge in [0.2, 0.25) is 0 Å². The zero-order valence-electron chi connectivity index (χ0n) is 15.0. The fraction of sp³-hybridized carbons (Fsp3) is 0.556. The van der Waals surface area contributed by atoms with Crippen LogP contribution in [0, 0.1) is 0 Å². The third-order valence-corrected chi connectivity index (χ3v) is 3.83. The Bertz CT molecular complexity index is 586. The number of nitrogens with two attached hydrogens (primary N) is 1. The minimum atomic E-state index is -0.544. The summed E-state index contributed by atoms with van der Waals surface area (Å²) in [5.74, 6) is 0. The van der Waals surface area contributed by atoms with Crippen molar-refractivity contribution in [3.05, 3.63) is 35.9 Å². The van der Waals surface area contributed by atoms with Crippen molar-refractivity contribution in [3.8, 4) is 0 Å². The second-order valence-corrected chi connectivity index (χ2v) is 7.19. The van der Waals surface area contributed by atoms with Crippen LogP contribution in [0.15, 0.2) is 30.3 Å². The van der Waals surface area contributed by atoms with E-state index in [2.05, 4.69) is 5.32 Å². The zero-order chi connectivity index (χ0) is 18.4. The summed E-state index contributed by atoms with van der Waals surface area (Å²) >= 11 is 0. The maximum absolute atomic E-state index is 12.1. The molecule has 7 heteroatoms. The third kappa shape index (κ3) is 6.26. The molecule has 0 radical (unpaired) electrons. The minimum absolute atomic E-state index is 0.207. The number of piperidine rings is 1. The SMILES string of the molecule is CC(C)(C)OC(=O)N1CC[C@@H](NC(=O)OCc2ccccc2)[C@@H](N)C1. The molecule has 138 valence electrons. The molecule has 0 bridgehead atoms. The predicted octanol–water partition coefficient (Wildman–Crippen LogP) is 2.25. The molecule has 1 saturated heterocycles. The second kappa shape index (κ2) is 8.20. The van der Waals surface area contributed by atoms with E-state index in [9.17, 15) is 9.59 Å². The van der Waals surface area contributed by atoms with Crippen LogP contribution in [-0.2, 0) is 16.1 Å². The standard InChI is InChI=1S/C18H27N3O4/c1-18(2,3)25-17(23)21-10-9-15(14(19)11-21)20-16(22)24-12-13-7-5-4-6-8-13/h4-8,14-15H,9-12,19H2,1-3H3,(H,20,22)/t14-,15+/m0/s1. The average molecular weight is 349 g/mol. The van der Waals surface area contributed by atoms with Gasteiger partial charge in [-0.25, -0.2) is 9.59 Å². The highest BCUT2D eigenvalue weighted by atomic mass is 16.6. The summed E-state index contributed by atoms with van der Waals surface area (Å²) in [6, 6.07) is 8.85. The Morgan fingerprint density at radius 1 is 1.28 bits per heavy atom. The molecule has 2 amide bonds. The summed E-state index contributed by atoms with van der Waals surface area (Å²) in [5, 5.41) is 2.78. The van der Waals surface area contributed by atoms with Gasteiger partial charge in [-0.2, -0.15) is 0 Å². The zero-order valence-corrected chi connectivity index (χ0v) is 15.0. The lowest BCUT2D eigenvalue weighted by molar-refractivity contribution is 0.0178. The van der Waals surface area contributed by atoms with Crippen molar-refractivity contribution in [1.82, 2.24) is 10.2 Å². The monoisotopic (exact) mass is 349 g/mol. The number of carbonyl (C=O) groups is 2. The molecule has 0 saturated carbocycles. The minimum Gasteiger partial charge on any atom is -0.445 e. The molecule has 0 aromatic heterocycles. The van der Waals surface area contributed by atoms with E-state index in [1.165, 1.54) is 0 Å². The second-order valence-electron chi connectivity index (χ2n) is 7.19. The van der Waals surface area contributed by atoms with Crippen molar-refractivity contribution >= 4 is 12.2 Å². The highest BCUT2D eigenvalue weighted by Crippen LogP contribution is 2.15. The molecule has 25 heavy (non-hydrogen) atoms. The number of nitrogens with zero attached hydrogens (tertiary/aromatic N) is 1. The first-order valence-electron chi connectivity index (χ1n) is 8.45. The summed E-state index contributed by atoms with van der Waals surface area (Å²) in [6.45, 7) is 6.48. The Hall–Kier alpha value is -2.28. The smallest absolute Gasteiger partial charge is 0.410 e. The van der Waals surface area contributed by atoms with Gasteiger partial charge in [-0.15, -0.1) is 0 Å². The molecule has 0 spiro atoms. The number of amides is 2. The molecule has 1 heterocycles. The van der Waals surface area contributed by atoms with Crippen molar-refractivity contribution in [2.45, 2.75) is 51.5 Å². The van der Waals surface area contributed by atoms with E-state index in [-0.39, 0.29) is 24.8 Å². The van der Waals surface area contributed by atoms with Gasteiger partial charge in [-0.3, -0.25) is 0 Å². The van der Waals surface area contributed by atoms with Crippen LogP contribution in [0.3, 0.4) is 0 Å². The van der Waals surface area contributed by atoms with Gasteiger partial charge in [0.15, 0.2) is 0 Å². The highest BCUT2D eigenvalue weighted by molar-refractivity contribution is 5.69. The summed E-state index contributed by atoms with van der Waals surface area (Å²) in [4.78, 5) is 25.6. The molecule has 1 fully saturated rings. The van der Waals surface area contributed by atoms with Crippen LogP contribution >= 0.6 is 0 Å². The summed E-state index contributed by atoms with van der Waals surface area (Å²) in [6.07, 6.45) is -0.330. The Labute approximate surface area is 148 Å². The van der Waals surface area contributed by atoms with Crippen LogP contribution in [0.25, 0.3) is 0 Å². The lowest BCUT2D eigenvalue weighted by atomic mass is 10.0. The Morgan fingerprint density at radius 2 is 1.96 bits per heavy atom. The molecule has 3 N–H and O–H groups in total. The summed E-state index contributed by atoms with van der Waals surface area (Å²) in [7, 11) is 0. The van der Waals surface area contributed by atoms with Gasteiger partial charge in [-0.05, 0) is 32.8 Å². The molecular weight excluding hydrogens is 322 g/mol. The molecular formula is C18H27N3O4. The molecule has 1 aromatic rings. The van der Waals surface area contributed by atoms with Crippen LogP contribution in [0.2, 0.25) is 0 Å². The topological polar surface area (TPSA) is 93.9 Å². The molecule has 7 nitrogen and oxygen atoms in total. The lowest BCUT2D eigenvalue weighted by Gasteiger charge is -2.37. The van der Waals surface area contributed by atoms with Crippen LogP contribution < -0.4 is 11.1 Å². The summed E-state index contributed by atoms with van der Waals surface area (Å²) in [5.41, 5.74) is 6.48. The number of alkyl carbamates (subject to hydrolysis) is 1. The van der Waals surface area contributed by atoms with E-state index in [4.69, 9.17) is 15.2 Å². The first-order valence-corrected chi connectivity index (χ1v) is 8.45. The quantitative estimate of drug-likeness (QED) is 0.873. The summed E-state index contributed by atoms with van der Waals surface area (Å²) < 4.78 is 10.6. The molecule has 0 aliphatic carbocycles. The number of ether oxygens (including phenoxy) is 2. The molecule has 1 aromatic carbocycles. The first kappa shape index (κ1) is 19.1. The molecule has 2 atom stereocenters. The van der Waals surface area contributed by atoms with Gasteiger partial charge in [0.05, 0.1) is 6.04 Å². The van der Waals surface area contributed by atoms with Crippen LogP contribution in [0.4, 0.5) is 9.59 Å². The van der Waals surface area contributed by atoms with Gasteiger partial charge in [0.1, 0.15) is 12.2 Å². The fourth-order valence-corrected chi connectivity index (χ4v) is 2.57. The van der Waals surface area contributed by atoms with Gasteiger partial charge >= 0.3 is 12.2 Å². The van der Waals surface area contributed by atoms with Gasteiger partial charge in [-0.1, -0.05) is 30.3 Å². The van der Waals surface area contributed by atoms with Crippen LogP contribution in [-0.4, -0.2) is 47.9 Å². The molecule has 1 aliphatic heterocycles. The van der Waals surface area contributed by atoms with E-state index < -0.39 is 11.7 Å². The van der Waals surface area contributed by atoms with Gasteiger partial charge in [0.25, 0.3) is 0 Å². The van der Waals surface area contributed by atoms with Crippen molar-refractivity contribution in [3.63, 3.8) is 0 Å². The number of benzene rings is 1. The molecule has 0 unspecified atom stereocenters. The van der Waals surface area contributed by atoms with E-state index in [1.807, 2.05) is 51.1 Å². The number of hydrogen-bond donors (Lipinski definition) is 2. The molecule has 1 aliphatic rings. The van der Waals surface area contributed by atoms with Crippen LogP contribution in [0.1, 0.15) is 32.8 Å². The van der Waals surface area contributed by atoms with Crippen molar-refractivity contribution in [1.29, 1.82) is 0 Å². The van der Waals surface area contributed by atoms with Crippen molar-refractivity contribution in [2.24, 2.45) is 5.73 Å². The van der Waals surface area contributed by atoms with Gasteiger partial charge in [0, 0.05) is 19.1 Å². The average Bonchev–Trinajstić information content (AvgIpc) is 2.54. The molecule has 2 rings (SSSR count). The van der Waals surface area contributed by atoms with Crippen LogP contribution in [0.5, 0.6) is 0 Å². The predicted molar refractivity (Wildman–Crippen MR) is 94.0 cm³/mol. The first-order chi connectivity index (χ1) is 11.7.